The summed E-state index contributed by atoms with van der Waals surface area (Å²) in [7, 11) is 0. The highest BCUT2D eigenvalue weighted by Crippen LogP contribution is 2.06. The second-order valence-electron chi connectivity index (χ2n) is 5.87. The van der Waals surface area contributed by atoms with Crippen molar-refractivity contribution in [1.29, 1.82) is 0 Å². The van der Waals surface area contributed by atoms with Crippen LogP contribution in [0.4, 0.5) is 4.79 Å². The molecule has 122 valence electrons. The molecule has 2 amide bonds. The highest BCUT2D eigenvalue weighted by Gasteiger charge is 2.15. The first kappa shape index (κ1) is 19.2. The zero-order valence-electron chi connectivity index (χ0n) is 13.2. The van der Waals surface area contributed by atoms with Gasteiger partial charge in [0.1, 0.15) is 11.6 Å². The molecule has 0 bridgehead atoms. The fourth-order valence-corrected chi connectivity index (χ4v) is 1.47. The molecule has 0 saturated carbocycles. The number of hydrogen-bond donors (Lipinski definition) is 3. The van der Waals surface area contributed by atoms with Gasteiger partial charge in [0, 0.05) is 13.0 Å². The van der Waals surface area contributed by atoms with Gasteiger partial charge in [-0.05, 0) is 40.5 Å². The minimum atomic E-state index is -1.05. The molecule has 3 N–H and O–H groups in total. The lowest BCUT2D eigenvalue weighted by Crippen LogP contribution is -2.38. The maximum absolute atomic E-state index is 11.4. The number of nitrogens with one attached hydrogen (secondary N) is 2. The topological polar surface area (TPSA) is 105 Å². The van der Waals surface area contributed by atoms with Crippen LogP contribution >= 0.6 is 0 Å². The first-order chi connectivity index (χ1) is 9.61. The Kier molecular flexibility index (Phi) is 8.42. The van der Waals surface area contributed by atoms with E-state index in [4.69, 9.17) is 9.84 Å². The zero-order valence-corrected chi connectivity index (χ0v) is 13.2. The van der Waals surface area contributed by atoms with E-state index < -0.39 is 23.7 Å². The third-order valence-corrected chi connectivity index (χ3v) is 2.50. The standard InChI is InChI=1S/C14H26N2O5/c1-10(12(18)19)16-11(17)8-6-5-7-9-15-13(20)21-14(2,3)4/h10H,5-9H2,1-4H3,(H,15,20)(H,16,17)(H,18,19)/t10-/m0/s1. The Morgan fingerprint density at radius 2 is 1.76 bits per heavy atom. The van der Waals surface area contributed by atoms with Gasteiger partial charge < -0.3 is 20.5 Å². The largest absolute Gasteiger partial charge is 0.480 e. The van der Waals surface area contributed by atoms with Crippen LogP contribution in [0.1, 0.15) is 53.4 Å². The van der Waals surface area contributed by atoms with Crippen molar-refractivity contribution in [3.05, 3.63) is 0 Å². The van der Waals surface area contributed by atoms with Crippen LogP contribution in [0.3, 0.4) is 0 Å². The fraction of sp³-hybridized carbons (Fsp3) is 0.786. The van der Waals surface area contributed by atoms with Crippen molar-refractivity contribution in [3.63, 3.8) is 0 Å². The lowest BCUT2D eigenvalue weighted by molar-refractivity contribution is -0.141. The average Bonchev–Trinajstić information content (AvgIpc) is 2.31. The van der Waals surface area contributed by atoms with Crippen molar-refractivity contribution < 1.29 is 24.2 Å². The number of unbranched alkanes of at least 4 members (excludes halogenated alkanes) is 2. The lowest BCUT2D eigenvalue weighted by atomic mass is 10.2. The first-order valence-electron chi connectivity index (χ1n) is 7.11. The van der Waals surface area contributed by atoms with Crippen LogP contribution in [0, 0.1) is 0 Å². The Labute approximate surface area is 125 Å². The highest BCUT2D eigenvalue weighted by molar-refractivity contribution is 5.83. The van der Waals surface area contributed by atoms with E-state index in [1.807, 2.05) is 0 Å². The third-order valence-electron chi connectivity index (χ3n) is 2.50. The Hall–Kier alpha value is -1.79. The van der Waals surface area contributed by atoms with Crippen LogP contribution in [-0.2, 0) is 14.3 Å². The van der Waals surface area contributed by atoms with Gasteiger partial charge in [-0.25, -0.2) is 4.79 Å². The van der Waals surface area contributed by atoms with Gasteiger partial charge in [0.05, 0.1) is 0 Å². The summed E-state index contributed by atoms with van der Waals surface area (Å²) in [6.45, 7) is 7.29. The summed E-state index contributed by atoms with van der Waals surface area (Å²) < 4.78 is 5.08. The normalized spacial score (nSPS) is 12.4. The van der Waals surface area contributed by atoms with Gasteiger partial charge >= 0.3 is 12.1 Å². The molecule has 0 unspecified atom stereocenters. The molecular weight excluding hydrogens is 276 g/mol. The lowest BCUT2D eigenvalue weighted by Gasteiger charge is -2.19. The Morgan fingerprint density at radius 3 is 2.29 bits per heavy atom. The van der Waals surface area contributed by atoms with E-state index in [1.165, 1.54) is 6.92 Å². The smallest absolute Gasteiger partial charge is 0.407 e. The quantitative estimate of drug-likeness (QED) is 0.591. The van der Waals surface area contributed by atoms with Gasteiger partial charge in [-0.3, -0.25) is 9.59 Å². The van der Waals surface area contributed by atoms with Crippen LogP contribution in [-0.4, -0.2) is 41.3 Å². The van der Waals surface area contributed by atoms with Crippen LogP contribution in [0.15, 0.2) is 0 Å². The van der Waals surface area contributed by atoms with Gasteiger partial charge in [-0.15, -0.1) is 0 Å². The van der Waals surface area contributed by atoms with Gasteiger partial charge in [0.2, 0.25) is 5.91 Å². The minimum Gasteiger partial charge on any atom is -0.480 e. The molecule has 0 aliphatic heterocycles. The number of hydrogen-bond acceptors (Lipinski definition) is 4. The molecule has 0 aliphatic rings. The molecule has 21 heavy (non-hydrogen) atoms. The molecule has 0 aliphatic carbocycles. The summed E-state index contributed by atoms with van der Waals surface area (Å²) in [5.74, 6) is -1.32. The Morgan fingerprint density at radius 1 is 1.14 bits per heavy atom. The van der Waals surface area contributed by atoms with E-state index >= 15 is 0 Å². The SMILES string of the molecule is C[C@H](NC(=O)CCCCCNC(=O)OC(C)(C)C)C(=O)O. The van der Waals surface area contributed by atoms with Crippen molar-refractivity contribution in [3.8, 4) is 0 Å². The Balaban J connectivity index is 3.58. The average molecular weight is 302 g/mol. The molecule has 0 fully saturated rings. The molecule has 7 heteroatoms. The summed E-state index contributed by atoms with van der Waals surface area (Å²) in [5, 5.41) is 13.7. The van der Waals surface area contributed by atoms with Crippen molar-refractivity contribution in [2.24, 2.45) is 0 Å². The second kappa shape index (κ2) is 9.20. The highest BCUT2D eigenvalue weighted by atomic mass is 16.6. The number of carbonyl (C=O) groups is 3. The molecule has 0 aromatic rings. The second-order valence-corrected chi connectivity index (χ2v) is 5.87. The van der Waals surface area contributed by atoms with E-state index in [-0.39, 0.29) is 12.3 Å². The van der Waals surface area contributed by atoms with Crippen molar-refractivity contribution >= 4 is 18.0 Å². The minimum absolute atomic E-state index is 0.273. The number of ether oxygens (including phenoxy) is 1. The third kappa shape index (κ3) is 11.7. The molecule has 0 aromatic heterocycles. The van der Waals surface area contributed by atoms with E-state index in [9.17, 15) is 14.4 Å². The van der Waals surface area contributed by atoms with E-state index in [0.717, 1.165) is 12.8 Å². The van der Waals surface area contributed by atoms with Gasteiger partial charge in [0.25, 0.3) is 0 Å². The number of carboxylic acids is 1. The summed E-state index contributed by atoms with van der Waals surface area (Å²) in [6, 6.07) is -0.869. The fourth-order valence-electron chi connectivity index (χ4n) is 1.47. The van der Waals surface area contributed by atoms with Crippen molar-refractivity contribution in [2.75, 3.05) is 6.54 Å². The molecule has 0 radical (unpaired) electrons. The predicted molar refractivity (Wildman–Crippen MR) is 77.9 cm³/mol. The number of carbonyl (C=O) groups excluding carboxylic acids is 2. The number of alkyl carbamates (subject to hydrolysis) is 1. The molecular formula is C14H26N2O5. The number of amides is 2. The van der Waals surface area contributed by atoms with Crippen LogP contribution in [0.2, 0.25) is 0 Å². The Bertz CT molecular complexity index is 363. The summed E-state index contributed by atoms with van der Waals surface area (Å²) in [6.07, 6.45) is 1.99. The zero-order chi connectivity index (χ0) is 16.5. The molecule has 0 heterocycles. The van der Waals surface area contributed by atoms with E-state index in [2.05, 4.69) is 10.6 Å². The summed E-state index contributed by atoms with van der Waals surface area (Å²) in [4.78, 5) is 33.3. The molecule has 0 rings (SSSR count). The van der Waals surface area contributed by atoms with E-state index in [1.54, 1.807) is 20.8 Å². The summed E-state index contributed by atoms with van der Waals surface area (Å²) in [5.41, 5.74) is -0.511. The van der Waals surface area contributed by atoms with Crippen LogP contribution in [0.5, 0.6) is 0 Å². The first-order valence-corrected chi connectivity index (χ1v) is 7.11. The number of aliphatic carboxylic acids is 1. The van der Waals surface area contributed by atoms with Crippen molar-refractivity contribution in [2.45, 2.75) is 65.0 Å². The molecule has 7 nitrogen and oxygen atoms in total. The molecule has 0 spiro atoms. The van der Waals surface area contributed by atoms with Crippen molar-refractivity contribution in [1.82, 2.24) is 10.6 Å². The predicted octanol–water partition coefficient (Wildman–Crippen LogP) is 1.66. The van der Waals surface area contributed by atoms with Gasteiger partial charge in [-0.1, -0.05) is 6.42 Å². The number of rotatable bonds is 8. The monoisotopic (exact) mass is 302 g/mol. The van der Waals surface area contributed by atoms with Gasteiger partial charge in [-0.2, -0.15) is 0 Å². The summed E-state index contributed by atoms with van der Waals surface area (Å²) >= 11 is 0. The van der Waals surface area contributed by atoms with E-state index in [0.29, 0.717) is 13.0 Å². The maximum Gasteiger partial charge on any atom is 0.407 e. The molecule has 0 saturated heterocycles. The van der Waals surface area contributed by atoms with Crippen LogP contribution < -0.4 is 10.6 Å². The molecule has 1 atom stereocenters. The van der Waals surface area contributed by atoms with Crippen LogP contribution in [0.25, 0.3) is 0 Å². The molecule has 0 aromatic carbocycles. The van der Waals surface area contributed by atoms with Gasteiger partial charge in [0.15, 0.2) is 0 Å². The number of carboxylic acid groups (broad SMARTS) is 1. The maximum atomic E-state index is 11.4.